The van der Waals surface area contributed by atoms with E-state index >= 15 is 0 Å². The van der Waals surface area contributed by atoms with Crippen molar-refractivity contribution in [2.75, 3.05) is 6.26 Å². The maximum Gasteiger partial charge on any atom is 0.175 e. The zero-order chi connectivity index (χ0) is 17.3. The third kappa shape index (κ3) is 3.25. The van der Waals surface area contributed by atoms with E-state index in [1.807, 2.05) is 0 Å². The van der Waals surface area contributed by atoms with Gasteiger partial charge in [-0.25, -0.2) is 13.1 Å². The molecule has 0 bridgehead atoms. The summed E-state index contributed by atoms with van der Waals surface area (Å²) < 4.78 is 24.6. The molecule has 1 aromatic heterocycles. The van der Waals surface area contributed by atoms with E-state index in [4.69, 9.17) is 11.6 Å². The van der Waals surface area contributed by atoms with E-state index in [2.05, 4.69) is 5.10 Å². The molecule has 3 rings (SSSR count). The van der Waals surface area contributed by atoms with Crippen LogP contribution in [0.2, 0.25) is 5.02 Å². The number of hydrogen-bond donors (Lipinski definition) is 0. The van der Waals surface area contributed by atoms with Gasteiger partial charge < -0.3 is 0 Å². The number of halogens is 1. The molecule has 0 aliphatic heterocycles. The molecule has 7 heteroatoms. The van der Waals surface area contributed by atoms with E-state index in [1.54, 1.807) is 47.3 Å². The van der Waals surface area contributed by atoms with E-state index in [-0.39, 0.29) is 4.90 Å². The van der Waals surface area contributed by atoms with Crippen molar-refractivity contribution in [1.82, 2.24) is 9.78 Å². The van der Waals surface area contributed by atoms with E-state index < -0.39 is 9.84 Å². The van der Waals surface area contributed by atoms with E-state index in [1.165, 1.54) is 12.1 Å². The fourth-order valence-electron chi connectivity index (χ4n) is 2.28. The molecule has 0 fully saturated rings. The summed E-state index contributed by atoms with van der Waals surface area (Å²) in [5.41, 5.74) is 2.40. The van der Waals surface area contributed by atoms with Gasteiger partial charge in [-0.2, -0.15) is 5.10 Å². The Balaban J connectivity index is 2.04. The Morgan fingerprint density at radius 1 is 1.04 bits per heavy atom. The van der Waals surface area contributed by atoms with Gasteiger partial charge in [-0.1, -0.05) is 23.7 Å². The van der Waals surface area contributed by atoms with Crippen molar-refractivity contribution in [2.45, 2.75) is 4.90 Å². The van der Waals surface area contributed by atoms with Crippen LogP contribution < -0.4 is 0 Å². The summed E-state index contributed by atoms with van der Waals surface area (Å²) in [6.07, 6.45) is 3.49. The normalized spacial score (nSPS) is 11.4. The molecule has 0 saturated heterocycles. The van der Waals surface area contributed by atoms with Crippen molar-refractivity contribution >= 4 is 27.7 Å². The number of carbonyl (C=O) groups excluding carboxylic acids is 1. The molecular weight excluding hydrogens is 348 g/mol. The third-order valence-corrected chi connectivity index (χ3v) is 4.90. The first kappa shape index (κ1) is 16.4. The van der Waals surface area contributed by atoms with Crippen LogP contribution in [-0.2, 0) is 9.84 Å². The molecule has 0 N–H and O–H groups in total. The van der Waals surface area contributed by atoms with Crippen molar-refractivity contribution in [1.29, 1.82) is 0 Å². The van der Waals surface area contributed by atoms with Crippen LogP contribution in [0, 0.1) is 0 Å². The molecule has 1 heterocycles. The maximum atomic E-state index is 11.5. The van der Waals surface area contributed by atoms with Crippen LogP contribution in [-0.4, -0.2) is 30.7 Å². The highest BCUT2D eigenvalue weighted by atomic mass is 35.5. The average molecular weight is 361 g/mol. The first-order valence-corrected chi connectivity index (χ1v) is 9.27. The van der Waals surface area contributed by atoms with Crippen LogP contribution in [0.25, 0.3) is 16.9 Å². The van der Waals surface area contributed by atoms with Gasteiger partial charge in [0, 0.05) is 23.0 Å². The number of aromatic nitrogens is 2. The quantitative estimate of drug-likeness (QED) is 0.668. The smallest absolute Gasteiger partial charge is 0.175 e. The molecule has 0 unspecified atom stereocenters. The zero-order valence-electron chi connectivity index (χ0n) is 12.7. The minimum Gasteiger partial charge on any atom is -0.298 e. The summed E-state index contributed by atoms with van der Waals surface area (Å²) in [7, 11) is -3.25. The number of hydrogen-bond acceptors (Lipinski definition) is 4. The van der Waals surface area contributed by atoms with Gasteiger partial charge in [0.25, 0.3) is 0 Å². The summed E-state index contributed by atoms with van der Waals surface area (Å²) in [6, 6.07) is 13.3. The Hall–Kier alpha value is -2.44. The van der Waals surface area contributed by atoms with Crippen molar-refractivity contribution in [2.24, 2.45) is 0 Å². The predicted octanol–water partition coefficient (Wildman–Crippen LogP) is 3.41. The second kappa shape index (κ2) is 6.22. The number of nitrogens with zero attached hydrogens (tertiary/aromatic N) is 2. The lowest BCUT2D eigenvalue weighted by Crippen LogP contribution is -1.99. The number of sulfone groups is 1. The van der Waals surface area contributed by atoms with Crippen molar-refractivity contribution in [3.8, 4) is 16.9 Å². The minimum absolute atomic E-state index is 0.229. The number of aldehydes is 1. The summed E-state index contributed by atoms with van der Waals surface area (Å²) in [4.78, 5) is 11.6. The van der Waals surface area contributed by atoms with E-state index in [9.17, 15) is 13.2 Å². The maximum absolute atomic E-state index is 11.5. The molecule has 0 atom stereocenters. The number of rotatable bonds is 4. The summed E-state index contributed by atoms with van der Waals surface area (Å²) in [6.45, 7) is 0. The molecule has 2 aromatic carbocycles. The summed E-state index contributed by atoms with van der Waals surface area (Å²) in [5.74, 6) is 0. The molecule has 5 nitrogen and oxygen atoms in total. The number of carbonyl (C=O) groups is 1. The van der Waals surface area contributed by atoms with Crippen LogP contribution in [0.4, 0.5) is 0 Å². The molecule has 0 spiro atoms. The Kier molecular flexibility index (Phi) is 4.26. The van der Waals surface area contributed by atoms with Gasteiger partial charge in [0.05, 0.1) is 16.1 Å². The highest BCUT2D eigenvalue weighted by Crippen LogP contribution is 2.24. The molecule has 0 aliphatic rings. The second-order valence-electron chi connectivity index (χ2n) is 5.27. The van der Waals surface area contributed by atoms with Crippen LogP contribution in [0.3, 0.4) is 0 Å². The van der Waals surface area contributed by atoms with Gasteiger partial charge in [0.15, 0.2) is 16.1 Å². The standard InChI is InChI=1S/C17H13ClN2O3S/c1-24(22,23)16-8-6-15(7-9-16)20-10-13(11-21)17(19-20)12-2-4-14(18)5-3-12/h2-11H,1H3. The third-order valence-electron chi connectivity index (χ3n) is 3.52. The van der Waals surface area contributed by atoms with E-state index in [0.717, 1.165) is 18.1 Å². The highest BCUT2D eigenvalue weighted by Gasteiger charge is 2.13. The lowest BCUT2D eigenvalue weighted by molar-refractivity contribution is 0.112. The fraction of sp³-hybridized carbons (Fsp3) is 0.0588. The van der Waals surface area contributed by atoms with Gasteiger partial charge in [0.1, 0.15) is 5.69 Å². The lowest BCUT2D eigenvalue weighted by atomic mass is 10.1. The van der Waals surface area contributed by atoms with Crippen molar-refractivity contribution in [3.63, 3.8) is 0 Å². The largest absolute Gasteiger partial charge is 0.298 e. The molecule has 0 saturated carbocycles. The monoisotopic (exact) mass is 360 g/mol. The van der Waals surface area contributed by atoms with Crippen molar-refractivity contribution < 1.29 is 13.2 Å². The highest BCUT2D eigenvalue weighted by molar-refractivity contribution is 7.90. The second-order valence-corrected chi connectivity index (χ2v) is 7.72. The first-order valence-electron chi connectivity index (χ1n) is 7.00. The minimum atomic E-state index is -3.25. The first-order chi connectivity index (χ1) is 11.4. The van der Waals surface area contributed by atoms with Gasteiger partial charge in [0.2, 0.25) is 0 Å². The van der Waals surface area contributed by atoms with Gasteiger partial charge >= 0.3 is 0 Å². The molecule has 24 heavy (non-hydrogen) atoms. The molecule has 0 aliphatic carbocycles. The Morgan fingerprint density at radius 3 is 2.21 bits per heavy atom. The van der Waals surface area contributed by atoms with Gasteiger partial charge in [-0.05, 0) is 36.4 Å². The molecule has 0 amide bonds. The average Bonchev–Trinajstić information content (AvgIpc) is 2.99. The van der Waals surface area contributed by atoms with Crippen LogP contribution in [0.5, 0.6) is 0 Å². The zero-order valence-corrected chi connectivity index (χ0v) is 14.3. The van der Waals surface area contributed by atoms with Gasteiger partial charge in [-0.3, -0.25) is 4.79 Å². The molecule has 3 aromatic rings. The predicted molar refractivity (Wildman–Crippen MR) is 92.5 cm³/mol. The Labute approximate surface area is 144 Å². The summed E-state index contributed by atoms with van der Waals surface area (Å²) in [5, 5.41) is 5.04. The Morgan fingerprint density at radius 2 is 1.67 bits per heavy atom. The SMILES string of the molecule is CS(=O)(=O)c1ccc(-n2cc(C=O)c(-c3ccc(Cl)cc3)n2)cc1. The molecule has 122 valence electrons. The lowest BCUT2D eigenvalue weighted by Gasteiger charge is -2.03. The van der Waals surface area contributed by atoms with Crippen molar-refractivity contribution in [3.05, 3.63) is 65.3 Å². The molecule has 0 radical (unpaired) electrons. The van der Waals surface area contributed by atoms with E-state index in [0.29, 0.717) is 22.0 Å². The van der Waals surface area contributed by atoms with Crippen LogP contribution in [0.15, 0.2) is 59.6 Å². The fourth-order valence-corrected chi connectivity index (χ4v) is 3.04. The van der Waals surface area contributed by atoms with Crippen LogP contribution >= 0.6 is 11.6 Å². The van der Waals surface area contributed by atoms with Crippen LogP contribution in [0.1, 0.15) is 10.4 Å². The molecular formula is C17H13ClN2O3S. The topological polar surface area (TPSA) is 69.0 Å². The van der Waals surface area contributed by atoms with Gasteiger partial charge in [-0.15, -0.1) is 0 Å². The number of benzene rings is 2. The summed E-state index contributed by atoms with van der Waals surface area (Å²) >= 11 is 5.88. The Bertz CT molecular complexity index is 991.